The third-order valence-corrected chi connectivity index (χ3v) is 2.80. The molecule has 0 heterocycles. The Balaban J connectivity index is 1.80. The number of hydrogen-bond acceptors (Lipinski definition) is 3. The zero-order chi connectivity index (χ0) is 14.9. The normalized spacial score (nSPS) is 9.95. The summed E-state index contributed by atoms with van der Waals surface area (Å²) in [6.07, 6.45) is 0. The van der Waals surface area contributed by atoms with Crippen LogP contribution in [-0.2, 0) is 0 Å². The molecule has 0 unspecified atom stereocenters. The molecule has 1 N–H and O–H groups in total. The average molecular weight is 285 g/mol. The van der Waals surface area contributed by atoms with E-state index in [4.69, 9.17) is 9.47 Å². The summed E-state index contributed by atoms with van der Waals surface area (Å²) in [5.74, 6) is 1.39. The third kappa shape index (κ3) is 4.84. The fourth-order valence-corrected chi connectivity index (χ4v) is 1.83. The van der Waals surface area contributed by atoms with Crippen molar-refractivity contribution in [2.75, 3.05) is 19.8 Å². The van der Waals surface area contributed by atoms with Gasteiger partial charge in [0, 0.05) is 12.1 Å². The summed E-state index contributed by atoms with van der Waals surface area (Å²) >= 11 is 0. The molecule has 4 nitrogen and oxygen atoms in total. The number of amides is 1. The molecule has 2 aromatic rings. The van der Waals surface area contributed by atoms with Crippen molar-refractivity contribution < 1.29 is 14.3 Å². The minimum Gasteiger partial charge on any atom is -0.490 e. The monoisotopic (exact) mass is 285 g/mol. The molecule has 4 heteroatoms. The van der Waals surface area contributed by atoms with E-state index in [9.17, 15) is 4.79 Å². The van der Waals surface area contributed by atoms with Crippen LogP contribution in [0.5, 0.6) is 11.5 Å². The number of rotatable bonds is 7. The van der Waals surface area contributed by atoms with Crippen LogP contribution in [0.25, 0.3) is 0 Å². The molecule has 110 valence electrons. The van der Waals surface area contributed by atoms with Crippen molar-refractivity contribution in [3.63, 3.8) is 0 Å². The van der Waals surface area contributed by atoms with Crippen LogP contribution in [0.1, 0.15) is 17.3 Å². The van der Waals surface area contributed by atoms with Crippen LogP contribution in [0.2, 0.25) is 0 Å². The van der Waals surface area contributed by atoms with Gasteiger partial charge in [0.2, 0.25) is 0 Å². The highest BCUT2D eigenvalue weighted by Gasteiger charge is 2.05. The third-order valence-electron chi connectivity index (χ3n) is 2.80. The Bertz CT molecular complexity index is 569. The maximum absolute atomic E-state index is 11.7. The summed E-state index contributed by atoms with van der Waals surface area (Å²) in [5, 5.41) is 2.76. The number of nitrogens with one attached hydrogen (secondary N) is 1. The van der Waals surface area contributed by atoms with Gasteiger partial charge in [-0.3, -0.25) is 4.79 Å². The number of ether oxygens (including phenoxy) is 2. The maximum Gasteiger partial charge on any atom is 0.251 e. The Morgan fingerprint density at radius 1 is 0.952 bits per heavy atom. The van der Waals surface area contributed by atoms with E-state index in [0.29, 0.717) is 31.1 Å². The van der Waals surface area contributed by atoms with Gasteiger partial charge in [0.1, 0.15) is 24.7 Å². The number of carbonyl (C=O) groups is 1. The first-order valence-corrected chi connectivity index (χ1v) is 6.98. The second-order valence-electron chi connectivity index (χ2n) is 4.40. The lowest BCUT2D eigenvalue weighted by atomic mass is 10.2. The lowest BCUT2D eigenvalue weighted by Crippen LogP contribution is -2.22. The summed E-state index contributed by atoms with van der Waals surface area (Å²) in [6, 6.07) is 16.7. The first-order chi connectivity index (χ1) is 10.3. The van der Waals surface area contributed by atoms with Crippen LogP contribution in [0.4, 0.5) is 0 Å². The molecule has 1 amide bonds. The van der Waals surface area contributed by atoms with E-state index in [2.05, 4.69) is 5.32 Å². The van der Waals surface area contributed by atoms with Crippen LogP contribution < -0.4 is 14.8 Å². The van der Waals surface area contributed by atoms with Gasteiger partial charge >= 0.3 is 0 Å². The Kier molecular flexibility index (Phi) is 5.64. The fourth-order valence-electron chi connectivity index (χ4n) is 1.83. The van der Waals surface area contributed by atoms with Gasteiger partial charge in [0.15, 0.2) is 0 Å². The molecule has 0 saturated heterocycles. The van der Waals surface area contributed by atoms with Crippen molar-refractivity contribution >= 4 is 5.91 Å². The molecule has 0 saturated carbocycles. The van der Waals surface area contributed by atoms with Crippen molar-refractivity contribution in [2.45, 2.75) is 6.92 Å². The lowest BCUT2D eigenvalue weighted by Gasteiger charge is -2.09. The fraction of sp³-hybridized carbons (Fsp3) is 0.235. The summed E-state index contributed by atoms with van der Waals surface area (Å²) in [7, 11) is 0. The van der Waals surface area contributed by atoms with Gasteiger partial charge in [-0.05, 0) is 37.3 Å². The molecule has 2 rings (SSSR count). The molecule has 0 bridgehead atoms. The van der Waals surface area contributed by atoms with Gasteiger partial charge < -0.3 is 14.8 Å². The van der Waals surface area contributed by atoms with Crippen LogP contribution in [0, 0.1) is 0 Å². The van der Waals surface area contributed by atoms with E-state index in [1.807, 2.05) is 43.3 Å². The minimum atomic E-state index is -0.0940. The van der Waals surface area contributed by atoms with E-state index >= 15 is 0 Å². The van der Waals surface area contributed by atoms with Crippen molar-refractivity contribution in [3.05, 3.63) is 60.2 Å². The van der Waals surface area contributed by atoms with E-state index in [0.717, 1.165) is 5.75 Å². The van der Waals surface area contributed by atoms with Gasteiger partial charge in [0.05, 0.1) is 0 Å². The predicted molar refractivity (Wildman–Crippen MR) is 81.9 cm³/mol. The standard InChI is InChI=1S/C17H19NO3/c1-2-18-17(19)14-7-6-10-16(13-14)21-12-11-20-15-8-4-3-5-9-15/h3-10,13H,2,11-12H2,1H3,(H,18,19). The topological polar surface area (TPSA) is 47.6 Å². The summed E-state index contributed by atoms with van der Waals surface area (Å²) in [5.41, 5.74) is 0.596. The highest BCUT2D eigenvalue weighted by Crippen LogP contribution is 2.13. The predicted octanol–water partition coefficient (Wildman–Crippen LogP) is 2.89. The van der Waals surface area contributed by atoms with Crippen molar-refractivity contribution in [1.29, 1.82) is 0 Å². The van der Waals surface area contributed by atoms with Crippen LogP contribution >= 0.6 is 0 Å². The first kappa shape index (κ1) is 14.9. The molecular formula is C17H19NO3. The van der Waals surface area contributed by atoms with Gasteiger partial charge in [-0.15, -0.1) is 0 Å². The average Bonchev–Trinajstić information content (AvgIpc) is 2.53. The highest BCUT2D eigenvalue weighted by atomic mass is 16.5. The molecule has 21 heavy (non-hydrogen) atoms. The molecule has 0 atom stereocenters. The van der Waals surface area contributed by atoms with E-state index in [-0.39, 0.29) is 5.91 Å². The van der Waals surface area contributed by atoms with Crippen molar-refractivity contribution in [3.8, 4) is 11.5 Å². The quantitative estimate of drug-likeness (QED) is 0.796. The minimum absolute atomic E-state index is 0.0940. The van der Waals surface area contributed by atoms with E-state index in [1.54, 1.807) is 18.2 Å². The largest absolute Gasteiger partial charge is 0.490 e. The second kappa shape index (κ2) is 7.94. The van der Waals surface area contributed by atoms with Crippen LogP contribution in [0.15, 0.2) is 54.6 Å². The molecule has 0 aliphatic rings. The van der Waals surface area contributed by atoms with Gasteiger partial charge in [-0.25, -0.2) is 0 Å². The van der Waals surface area contributed by atoms with Crippen molar-refractivity contribution in [1.82, 2.24) is 5.32 Å². The summed E-state index contributed by atoms with van der Waals surface area (Å²) in [6.45, 7) is 3.37. The smallest absolute Gasteiger partial charge is 0.251 e. The van der Waals surface area contributed by atoms with Crippen LogP contribution in [0.3, 0.4) is 0 Å². The molecule has 0 aromatic heterocycles. The van der Waals surface area contributed by atoms with Crippen molar-refractivity contribution in [2.24, 2.45) is 0 Å². The zero-order valence-corrected chi connectivity index (χ0v) is 12.0. The van der Waals surface area contributed by atoms with E-state index < -0.39 is 0 Å². The number of hydrogen-bond donors (Lipinski definition) is 1. The molecule has 0 radical (unpaired) electrons. The molecule has 0 aliphatic heterocycles. The number of benzene rings is 2. The molecular weight excluding hydrogens is 266 g/mol. The Hall–Kier alpha value is -2.49. The molecule has 0 fully saturated rings. The summed E-state index contributed by atoms with van der Waals surface area (Å²) < 4.78 is 11.1. The van der Waals surface area contributed by atoms with Gasteiger partial charge in [-0.2, -0.15) is 0 Å². The Morgan fingerprint density at radius 3 is 2.33 bits per heavy atom. The highest BCUT2D eigenvalue weighted by molar-refractivity contribution is 5.94. The van der Waals surface area contributed by atoms with E-state index in [1.165, 1.54) is 0 Å². The van der Waals surface area contributed by atoms with Crippen LogP contribution in [-0.4, -0.2) is 25.7 Å². The molecule has 2 aromatic carbocycles. The Labute approximate surface area is 124 Å². The second-order valence-corrected chi connectivity index (χ2v) is 4.40. The molecule has 0 aliphatic carbocycles. The Morgan fingerprint density at radius 2 is 1.62 bits per heavy atom. The lowest BCUT2D eigenvalue weighted by molar-refractivity contribution is 0.0955. The number of carbonyl (C=O) groups excluding carboxylic acids is 1. The van der Waals surface area contributed by atoms with Gasteiger partial charge in [-0.1, -0.05) is 24.3 Å². The maximum atomic E-state index is 11.7. The van der Waals surface area contributed by atoms with Gasteiger partial charge in [0.25, 0.3) is 5.91 Å². The SMILES string of the molecule is CCNC(=O)c1cccc(OCCOc2ccccc2)c1. The zero-order valence-electron chi connectivity index (χ0n) is 12.0. The molecule has 0 spiro atoms. The first-order valence-electron chi connectivity index (χ1n) is 6.98. The summed E-state index contributed by atoms with van der Waals surface area (Å²) in [4.78, 5) is 11.7. The number of para-hydroxylation sites is 1.